The number of ether oxygens (including phenoxy) is 3. The molecule has 0 aromatic heterocycles. The highest BCUT2D eigenvalue weighted by Gasteiger charge is 2.53. The van der Waals surface area contributed by atoms with Crippen LogP contribution in [0.5, 0.6) is 0 Å². The Labute approximate surface area is 141 Å². The molecule has 1 saturated heterocycles. The van der Waals surface area contributed by atoms with Crippen LogP contribution in [0, 0.1) is 11.8 Å². The lowest BCUT2D eigenvalue weighted by Gasteiger charge is -2.31. The van der Waals surface area contributed by atoms with E-state index in [1.807, 2.05) is 0 Å². The minimum absolute atomic E-state index is 0.0576. The highest BCUT2D eigenvalue weighted by atomic mass is 16.6. The molecule has 6 heteroatoms. The van der Waals surface area contributed by atoms with Gasteiger partial charge in [-0.3, -0.25) is 9.59 Å². The van der Waals surface area contributed by atoms with Crippen molar-refractivity contribution in [2.24, 2.45) is 11.8 Å². The summed E-state index contributed by atoms with van der Waals surface area (Å²) < 4.78 is 16.3. The van der Waals surface area contributed by atoms with Crippen molar-refractivity contribution in [3.63, 3.8) is 0 Å². The second-order valence-corrected chi connectivity index (χ2v) is 7.08. The number of carbonyl (C=O) groups is 3. The zero-order chi connectivity index (χ0) is 17.3. The van der Waals surface area contributed by atoms with Crippen LogP contribution in [0.15, 0.2) is 12.2 Å². The highest BCUT2D eigenvalue weighted by molar-refractivity contribution is 5.88. The minimum Gasteiger partial charge on any atom is -0.462 e. The number of carbonyl (C=O) groups excluding carboxylic acids is 3. The normalized spacial score (nSPS) is 32.8. The Kier molecular flexibility index (Phi) is 4.92. The topological polar surface area (TPSA) is 78.9 Å². The van der Waals surface area contributed by atoms with Crippen molar-refractivity contribution >= 4 is 17.9 Å². The van der Waals surface area contributed by atoms with Crippen LogP contribution in [0.25, 0.3) is 0 Å². The van der Waals surface area contributed by atoms with Crippen molar-refractivity contribution in [3.05, 3.63) is 12.2 Å². The van der Waals surface area contributed by atoms with Gasteiger partial charge < -0.3 is 14.2 Å². The van der Waals surface area contributed by atoms with Gasteiger partial charge in [0, 0.05) is 18.4 Å². The molecule has 132 valence electrons. The summed E-state index contributed by atoms with van der Waals surface area (Å²) in [4.78, 5) is 36.4. The summed E-state index contributed by atoms with van der Waals surface area (Å²) in [6, 6.07) is 0. The Morgan fingerprint density at radius 2 is 1.83 bits per heavy atom. The molecule has 4 atom stereocenters. The molecule has 0 radical (unpaired) electrons. The van der Waals surface area contributed by atoms with E-state index in [0.717, 1.165) is 25.7 Å². The Balaban J connectivity index is 1.67. The molecule has 0 aromatic rings. The smallest absolute Gasteiger partial charge is 0.333 e. The second kappa shape index (κ2) is 6.95. The van der Waals surface area contributed by atoms with Gasteiger partial charge in [0.25, 0.3) is 0 Å². The molecule has 0 N–H and O–H groups in total. The lowest BCUT2D eigenvalue weighted by molar-refractivity contribution is -0.164. The van der Waals surface area contributed by atoms with Crippen LogP contribution in [-0.4, -0.2) is 36.2 Å². The van der Waals surface area contributed by atoms with Gasteiger partial charge in [0.2, 0.25) is 0 Å². The van der Waals surface area contributed by atoms with Gasteiger partial charge in [-0.05, 0) is 32.6 Å². The molecule has 1 heterocycles. The van der Waals surface area contributed by atoms with Crippen LogP contribution in [0.2, 0.25) is 0 Å². The molecule has 1 aliphatic heterocycles. The van der Waals surface area contributed by atoms with Gasteiger partial charge in [-0.15, -0.1) is 0 Å². The number of hydrogen-bond acceptors (Lipinski definition) is 6. The Hall–Kier alpha value is -1.85. The van der Waals surface area contributed by atoms with E-state index in [-0.39, 0.29) is 30.0 Å². The van der Waals surface area contributed by atoms with Gasteiger partial charge in [0.05, 0.1) is 11.8 Å². The third-order valence-corrected chi connectivity index (χ3v) is 5.19. The zero-order valence-electron chi connectivity index (χ0n) is 14.0. The molecule has 3 rings (SSSR count). The van der Waals surface area contributed by atoms with Gasteiger partial charge in [0.15, 0.2) is 0 Å². The molecule has 0 amide bonds. The molecule has 3 fully saturated rings. The third kappa shape index (κ3) is 3.47. The standard InChI is InChI=1S/C18H24O6/c1-10(2)16(19)23-14-8-12(13-9-15(14)24-18(13)21)17(20)22-11-6-4-3-5-7-11/h11-15H,1,3-9H2,2H3. The molecule has 3 aliphatic rings. The number of esters is 3. The van der Waals surface area contributed by atoms with E-state index >= 15 is 0 Å². The van der Waals surface area contributed by atoms with E-state index in [9.17, 15) is 14.4 Å². The largest absolute Gasteiger partial charge is 0.462 e. The summed E-state index contributed by atoms with van der Waals surface area (Å²) >= 11 is 0. The molecule has 2 aliphatic carbocycles. The van der Waals surface area contributed by atoms with Crippen molar-refractivity contribution in [3.8, 4) is 0 Å². The van der Waals surface area contributed by atoms with Crippen molar-refractivity contribution in [1.29, 1.82) is 0 Å². The van der Waals surface area contributed by atoms with Crippen LogP contribution in [0.4, 0.5) is 0 Å². The quantitative estimate of drug-likeness (QED) is 0.445. The lowest BCUT2D eigenvalue weighted by atomic mass is 9.78. The fourth-order valence-electron chi connectivity index (χ4n) is 3.81. The molecule has 2 saturated carbocycles. The molecular weight excluding hydrogens is 312 g/mol. The Bertz CT molecular complexity index is 548. The molecule has 24 heavy (non-hydrogen) atoms. The van der Waals surface area contributed by atoms with Gasteiger partial charge in [-0.2, -0.15) is 0 Å². The zero-order valence-corrected chi connectivity index (χ0v) is 14.0. The van der Waals surface area contributed by atoms with Crippen LogP contribution < -0.4 is 0 Å². The average Bonchev–Trinajstić information content (AvgIpc) is 2.88. The number of fused-ring (bicyclic) bond motifs is 2. The first-order valence-electron chi connectivity index (χ1n) is 8.73. The van der Waals surface area contributed by atoms with Crippen LogP contribution in [-0.2, 0) is 28.6 Å². The first-order chi connectivity index (χ1) is 11.5. The fourth-order valence-corrected chi connectivity index (χ4v) is 3.81. The number of rotatable bonds is 4. The summed E-state index contributed by atoms with van der Waals surface area (Å²) in [6.07, 6.45) is 4.59. The van der Waals surface area contributed by atoms with Crippen molar-refractivity contribution < 1.29 is 28.6 Å². The predicted molar refractivity (Wildman–Crippen MR) is 83.8 cm³/mol. The highest BCUT2D eigenvalue weighted by Crippen LogP contribution is 2.41. The minimum atomic E-state index is -0.610. The van der Waals surface area contributed by atoms with E-state index in [4.69, 9.17) is 14.2 Å². The van der Waals surface area contributed by atoms with Crippen LogP contribution >= 0.6 is 0 Å². The summed E-state index contributed by atoms with van der Waals surface area (Å²) in [7, 11) is 0. The predicted octanol–water partition coefficient (Wildman–Crippen LogP) is 2.30. The number of hydrogen-bond donors (Lipinski definition) is 0. The van der Waals surface area contributed by atoms with Crippen LogP contribution in [0.1, 0.15) is 51.9 Å². The van der Waals surface area contributed by atoms with E-state index < -0.39 is 30.0 Å². The Morgan fingerprint density at radius 1 is 1.12 bits per heavy atom. The third-order valence-electron chi connectivity index (χ3n) is 5.19. The van der Waals surface area contributed by atoms with Crippen molar-refractivity contribution in [2.45, 2.75) is 70.2 Å². The first-order valence-corrected chi connectivity index (χ1v) is 8.73. The first kappa shape index (κ1) is 17.0. The van der Waals surface area contributed by atoms with Crippen molar-refractivity contribution in [2.75, 3.05) is 0 Å². The van der Waals surface area contributed by atoms with Gasteiger partial charge in [-0.1, -0.05) is 13.0 Å². The maximum atomic E-state index is 12.6. The van der Waals surface area contributed by atoms with Crippen molar-refractivity contribution in [1.82, 2.24) is 0 Å². The Morgan fingerprint density at radius 3 is 2.50 bits per heavy atom. The second-order valence-electron chi connectivity index (χ2n) is 7.08. The fraction of sp³-hybridized carbons (Fsp3) is 0.722. The van der Waals surface area contributed by atoms with Gasteiger partial charge in [0.1, 0.15) is 18.3 Å². The van der Waals surface area contributed by atoms with Gasteiger partial charge in [-0.25, -0.2) is 4.79 Å². The molecular formula is C18H24O6. The van der Waals surface area contributed by atoms with E-state index in [1.165, 1.54) is 6.42 Å². The molecule has 2 bridgehead atoms. The average molecular weight is 336 g/mol. The van der Waals surface area contributed by atoms with E-state index in [2.05, 4.69) is 6.58 Å². The molecule has 4 unspecified atom stereocenters. The lowest BCUT2D eigenvalue weighted by Crippen LogP contribution is -2.41. The maximum Gasteiger partial charge on any atom is 0.333 e. The maximum absolute atomic E-state index is 12.6. The summed E-state index contributed by atoms with van der Waals surface area (Å²) in [5.41, 5.74) is 0.280. The van der Waals surface area contributed by atoms with Gasteiger partial charge >= 0.3 is 17.9 Å². The molecule has 0 spiro atoms. The molecule has 6 nitrogen and oxygen atoms in total. The van der Waals surface area contributed by atoms with E-state index in [1.54, 1.807) is 6.92 Å². The SMILES string of the molecule is C=C(C)C(=O)OC1CC(C(=O)OC2CCCCC2)C2CC1OC2=O. The monoisotopic (exact) mass is 336 g/mol. The molecule has 0 aromatic carbocycles. The summed E-state index contributed by atoms with van der Waals surface area (Å²) in [5, 5.41) is 0. The van der Waals surface area contributed by atoms with E-state index in [0.29, 0.717) is 6.42 Å². The summed E-state index contributed by atoms with van der Waals surface area (Å²) in [6.45, 7) is 5.11. The van der Waals surface area contributed by atoms with Crippen LogP contribution in [0.3, 0.4) is 0 Å². The summed E-state index contributed by atoms with van der Waals surface area (Å²) in [5.74, 6) is -2.35.